The number of H-pyrrole nitrogens is 1. The zero-order chi connectivity index (χ0) is 13.7. The summed E-state index contributed by atoms with van der Waals surface area (Å²) in [7, 11) is 0. The summed E-state index contributed by atoms with van der Waals surface area (Å²) in [5, 5.41) is 9.98. The van der Waals surface area contributed by atoms with E-state index in [2.05, 4.69) is 15.5 Å². The van der Waals surface area contributed by atoms with E-state index in [1.165, 1.54) is 0 Å². The Balaban J connectivity index is 2.44. The van der Waals surface area contributed by atoms with Gasteiger partial charge in [0.25, 0.3) is 0 Å². The molecule has 4 N–H and O–H groups in total. The first-order valence-corrected chi connectivity index (χ1v) is 6.50. The molecule has 0 spiro atoms. The van der Waals surface area contributed by atoms with Crippen molar-refractivity contribution < 1.29 is 4.79 Å². The van der Waals surface area contributed by atoms with Crippen molar-refractivity contribution in [2.24, 2.45) is 11.7 Å². The van der Waals surface area contributed by atoms with Crippen LogP contribution in [0.3, 0.4) is 0 Å². The zero-order valence-corrected chi connectivity index (χ0v) is 11.7. The van der Waals surface area contributed by atoms with Crippen LogP contribution in [0.2, 0.25) is 0 Å². The Morgan fingerprint density at radius 3 is 2.72 bits per heavy atom. The van der Waals surface area contributed by atoms with Crippen LogP contribution in [0.4, 0.5) is 0 Å². The van der Waals surface area contributed by atoms with Crippen molar-refractivity contribution >= 4 is 5.91 Å². The summed E-state index contributed by atoms with van der Waals surface area (Å²) in [5.74, 6) is 0.119. The van der Waals surface area contributed by atoms with E-state index in [9.17, 15) is 4.79 Å². The van der Waals surface area contributed by atoms with Crippen molar-refractivity contribution in [3.8, 4) is 0 Å². The van der Waals surface area contributed by atoms with Gasteiger partial charge in [0, 0.05) is 18.2 Å². The van der Waals surface area contributed by atoms with Crippen LogP contribution in [0.1, 0.15) is 38.6 Å². The zero-order valence-electron chi connectivity index (χ0n) is 11.7. The van der Waals surface area contributed by atoms with Crippen LogP contribution in [-0.4, -0.2) is 28.2 Å². The largest absolute Gasteiger partial charge is 0.352 e. The quantitative estimate of drug-likeness (QED) is 0.710. The number of carbonyl (C=O) groups excluding carboxylic acids is 1. The number of rotatable bonds is 6. The van der Waals surface area contributed by atoms with Crippen molar-refractivity contribution in [2.75, 3.05) is 0 Å². The molecule has 0 aromatic carbocycles. The molecule has 3 unspecified atom stereocenters. The van der Waals surface area contributed by atoms with Gasteiger partial charge in [-0.15, -0.1) is 0 Å². The van der Waals surface area contributed by atoms with Crippen molar-refractivity contribution in [1.82, 2.24) is 15.5 Å². The fourth-order valence-corrected chi connectivity index (χ4v) is 1.80. The molecule has 0 aliphatic rings. The lowest BCUT2D eigenvalue weighted by Gasteiger charge is -2.20. The predicted octanol–water partition coefficient (Wildman–Crippen LogP) is 1.14. The Kier molecular flexibility index (Phi) is 5.34. The number of hydrogen-bond acceptors (Lipinski definition) is 3. The summed E-state index contributed by atoms with van der Waals surface area (Å²) in [5.41, 5.74) is 7.87. The van der Waals surface area contributed by atoms with Gasteiger partial charge in [-0.05, 0) is 25.8 Å². The smallest absolute Gasteiger partial charge is 0.237 e. The Hall–Kier alpha value is -1.36. The van der Waals surface area contributed by atoms with Crippen LogP contribution in [0.15, 0.2) is 6.07 Å². The van der Waals surface area contributed by atoms with Gasteiger partial charge >= 0.3 is 0 Å². The van der Waals surface area contributed by atoms with E-state index in [-0.39, 0.29) is 17.9 Å². The fraction of sp³-hybridized carbons (Fsp3) is 0.692. The van der Waals surface area contributed by atoms with Crippen LogP contribution in [0.5, 0.6) is 0 Å². The van der Waals surface area contributed by atoms with Crippen molar-refractivity contribution in [3.05, 3.63) is 17.5 Å². The number of amides is 1. The second kappa shape index (κ2) is 6.54. The van der Waals surface area contributed by atoms with E-state index in [1.54, 1.807) is 0 Å². The lowest BCUT2D eigenvalue weighted by Crippen LogP contribution is -2.48. The maximum absolute atomic E-state index is 11.9. The summed E-state index contributed by atoms with van der Waals surface area (Å²) in [6, 6.07) is 1.59. The molecule has 0 saturated carbocycles. The van der Waals surface area contributed by atoms with Crippen molar-refractivity contribution in [1.29, 1.82) is 0 Å². The SMILES string of the molecule is CCC(C)C(N)C(=O)NC(C)Cc1cc(C)[nH]n1. The third kappa shape index (κ3) is 4.14. The van der Waals surface area contributed by atoms with E-state index >= 15 is 0 Å². The van der Waals surface area contributed by atoms with Crippen LogP contribution in [0.25, 0.3) is 0 Å². The average Bonchev–Trinajstić information content (AvgIpc) is 2.72. The number of aryl methyl sites for hydroxylation is 1. The maximum Gasteiger partial charge on any atom is 0.237 e. The molecule has 0 aliphatic carbocycles. The van der Waals surface area contributed by atoms with Crippen LogP contribution >= 0.6 is 0 Å². The molecule has 1 heterocycles. The van der Waals surface area contributed by atoms with Gasteiger partial charge in [-0.25, -0.2) is 0 Å². The summed E-state index contributed by atoms with van der Waals surface area (Å²) in [4.78, 5) is 11.9. The first-order valence-electron chi connectivity index (χ1n) is 6.50. The second-order valence-corrected chi connectivity index (χ2v) is 5.07. The summed E-state index contributed by atoms with van der Waals surface area (Å²) in [6.07, 6.45) is 1.62. The molecular weight excluding hydrogens is 228 g/mol. The highest BCUT2D eigenvalue weighted by atomic mass is 16.2. The van der Waals surface area contributed by atoms with Crippen LogP contribution in [-0.2, 0) is 11.2 Å². The molecule has 1 amide bonds. The number of nitrogens with one attached hydrogen (secondary N) is 2. The molecule has 3 atom stereocenters. The Labute approximate surface area is 109 Å². The highest BCUT2D eigenvalue weighted by Gasteiger charge is 2.20. The van der Waals surface area contributed by atoms with Crippen LogP contribution in [0, 0.1) is 12.8 Å². The van der Waals surface area contributed by atoms with Crippen LogP contribution < -0.4 is 11.1 Å². The molecule has 1 aromatic rings. The Bertz CT molecular complexity index is 388. The average molecular weight is 252 g/mol. The summed E-state index contributed by atoms with van der Waals surface area (Å²) >= 11 is 0. The van der Waals surface area contributed by atoms with Gasteiger partial charge in [-0.2, -0.15) is 5.10 Å². The molecule has 0 aliphatic heterocycles. The molecule has 5 nitrogen and oxygen atoms in total. The normalized spacial score (nSPS) is 16.1. The van der Waals surface area contributed by atoms with E-state index in [4.69, 9.17) is 5.73 Å². The molecule has 0 fully saturated rings. The minimum absolute atomic E-state index is 0.0373. The Morgan fingerprint density at radius 2 is 2.22 bits per heavy atom. The number of aromatic nitrogens is 2. The first kappa shape index (κ1) is 14.7. The number of nitrogens with two attached hydrogens (primary N) is 1. The highest BCUT2D eigenvalue weighted by Crippen LogP contribution is 2.06. The minimum Gasteiger partial charge on any atom is -0.352 e. The van der Waals surface area contributed by atoms with E-state index in [1.807, 2.05) is 33.8 Å². The van der Waals surface area contributed by atoms with Gasteiger partial charge in [0.15, 0.2) is 0 Å². The van der Waals surface area contributed by atoms with E-state index in [0.29, 0.717) is 6.42 Å². The lowest BCUT2D eigenvalue weighted by atomic mass is 9.99. The molecule has 1 rings (SSSR count). The fourth-order valence-electron chi connectivity index (χ4n) is 1.80. The number of aromatic amines is 1. The lowest BCUT2D eigenvalue weighted by molar-refractivity contribution is -0.124. The molecule has 0 bridgehead atoms. The second-order valence-electron chi connectivity index (χ2n) is 5.07. The molecule has 1 aromatic heterocycles. The van der Waals surface area contributed by atoms with Gasteiger partial charge < -0.3 is 11.1 Å². The van der Waals surface area contributed by atoms with Gasteiger partial charge in [0.05, 0.1) is 11.7 Å². The third-order valence-electron chi connectivity index (χ3n) is 3.22. The molecular formula is C13H24N4O. The summed E-state index contributed by atoms with van der Waals surface area (Å²) < 4.78 is 0. The number of carbonyl (C=O) groups is 1. The van der Waals surface area contributed by atoms with Gasteiger partial charge in [-0.3, -0.25) is 9.89 Å². The van der Waals surface area contributed by atoms with Crippen molar-refractivity contribution in [2.45, 2.75) is 52.6 Å². The Morgan fingerprint density at radius 1 is 1.56 bits per heavy atom. The standard InChI is InChI=1S/C13H24N4O/c1-5-8(2)12(14)13(18)15-9(3)6-11-7-10(4)16-17-11/h7-9,12H,5-6,14H2,1-4H3,(H,15,18)(H,16,17). The molecule has 102 valence electrons. The maximum atomic E-state index is 11.9. The minimum atomic E-state index is -0.432. The van der Waals surface area contributed by atoms with Gasteiger partial charge in [-0.1, -0.05) is 20.3 Å². The third-order valence-corrected chi connectivity index (χ3v) is 3.22. The first-order chi connectivity index (χ1) is 8.43. The number of hydrogen-bond donors (Lipinski definition) is 3. The molecule has 5 heteroatoms. The number of nitrogens with zero attached hydrogens (tertiary/aromatic N) is 1. The van der Waals surface area contributed by atoms with Gasteiger partial charge in [0.1, 0.15) is 0 Å². The predicted molar refractivity (Wildman–Crippen MR) is 72.1 cm³/mol. The van der Waals surface area contributed by atoms with Gasteiger partial charge in [0.2, 0.25) is 5.91 Å². The highest BCUT2D eigenvalue weighted by molar-refractivity contribution is 5.82. The van der Waals surface area contributed by atoms with E-state index in [0.717, 1.165) is 17.8 Å². The monoisotopic (exact) mass is 252 g/mol. The molecule has 18 heavy (non-hydrogen) atoms. The topological polar surface area (TPSA) is 83.8 Å². The molecule has 0 saturated heterocycles. The summed E-state index contributed by atoms with van der Waals surface area (Å²) in [6.45, 7) is 7.95. The van der Waals surface area contributed by atoms with Crippen molar-refractivity contribution in [3.63, 3.8) is 0 Å². The molecule has 0 radical (unpaired) electrons. The van der Waals surface area contributed by atoms with E-state index < -0.39 is 6.04 Å².